The maximum atomic E-state index is 13.0. The summed E-state index contributed by atoms with van der Waals surface area (Å²) >= 11 is 12.2. The maximum absolute atomic E-state index is 13.0. The summed E-state index contributed by atoms with van der Waals surface area (Å²) in [5.41, 5.74) is -0.545. The third-order valence-corrected chi connectivity index (χ3v) is 4.53. The van der Waals surface area contributed by atoms with Crippen molar-refractivity contribution in [1.82, 2.24) is 5.32 Å². The highest BCUT2D eigenvalue weighted by atomic mass is 35.5. The van der Waals surface area contributed by atoms with Crippen LogP contribution in [0.5, 0.6) is 5.75 Å². The van der Waals surface area contributed by atoms with E-state index in [1.165, 1.54) is 36.4 Å². The molecular weight excluding hydrogens is 437 g/mol. The smallest absolute Gasteiger partial charge is 0.335 e. The number of benzene rings is 2. The van der Waals surface area contributed by atoms with E-state index in [9.17, 15) is 24.5 Å². The van der Waals surface area contributed by atoms with Crippen LogP contribution in [0.2, 0.25) is 10.0 Å². The van der Waals surface area contributed by atoms with Gasteiger partial charge in [-0.1, -0.05) is 29.3 Å². The summed E-state index contributed by atoms with van der Waals surface area (Å²) in [6.07, 6.45) is 1.19. The first-order chi connectivity index (χ1) is 14.2. The molecule has 0 unspecified atom stereocenters. The Morgan fingerprint density at radius 1 is 1.20 bits per heavy atom. The van der Waals surface area contributed by atoms with Crippen molar-refractivity contribution in [3.05, 3.63) is 67.7 Å². The van der Waals surface area contributed by atoms with Crippen LogP contribution >= 0.6 is 23.2 Å². The van der Waals surface area contributed by atoms with Crippen molar-refractivity contribution < 1.29 is 24.0 Å². The lowest BCUT2D eigenvalue weighted by Crippen LogP contribution is -2.54. The molecule has 30 heavy (non-hydrogen) atoms. The highest BCUT2D eigenvalue weighted by Crippen LogP contribution is 2.35. The third-order valence-electron chi connectivity index (χ3n) is 4.03. The number of rotatable bonds is 5. The van der Waals surface area contributed by atoms with E-state index in [2.05, 4.69) is 0 Å². The summed E-state index contributed by atoms with van der Waals surface area (Å²) < 4.78 is 5.48. The standard InChI is InChI=1S/C19H13Cl2N3O6/c1-2-30-16-10(6-11(20)8-15(16)21)7-14-17(25)22-19(27)23(18(14)26)12-4-3-5-13(9-12)24(28)29/h3-9H,2H2,1H3,(H,22,25,27)/b14-7+. The van der Waals surface area contributed by atoms with Gasteiger partial charge < -0.3 is 4.74 Å². The molecule has 0 saturated carbocycles. The van der Waals surface area contributed by atoms with Crippen LogP contribution in [0.3, 0.4) is 0 Å². The number of nitrogens with one attached hydrogen (secondary N) is 1. The van der Waals surface area contributed by atoms with Gasteiger partial charge in [-0.3, -0.25) is 25.0 Å². The normalized spacial score (nSPS) is 15.4. The fraction of sp³-hybridized carbons (Fsp3) is 0.105. The predicted octanol–water partition coefficient (Wildman–Crippen LogP) is 3.97. The van der Waals surface area contributed by atoms with Crippen molar-refractivity contribution in [2.24, 2.45) is 0 Å². The zero-order chi connectivity index (χ0) is 22.0. The Morgan fingerprint density at radius 2 is 1.93 bits per heavy atom. The minimum absolute atomic E-state index is 0.0701. The number of carbonyl (C=O) groups excluding carboxylic acids is 3. The Morgan fingerprint density at radius 3 is 2.60 bits per heavy atom. The van der Waals surface area contributed by atoms with Gasteiger partial charge >= 0.3 is 6.03 Å². The van der Waals surface area contributed by atoms with Gasteiger partial charge in [0, 0.05) is 22.7 Å². The number of hydrogen-bond donors (Lipinski definition) is 1. The third kappa shape index (κ3) is 4.12. The molecule has 1 fully saturated rings. The molecule has 4 amide bonds. The van der Waals surface area contributed by atoms with Gasteiger partial charge in [-0.25, -0.2) is 9.69 Å². The number of barbiturate groups is 1. The van der Waals surface area contributed by atoms with Crippen molar-refractivity contribution >= 4 is 58.5 Å². The molecular formula is C19H13Cl2N3O6. The molecule has 1 heterocycles. The number of imide groups is 2. The van der Waals surface area contributed by atoms with Crippen molar-refractivity contribution in [2.75, 3.05) is 11.5 Å². The quantitative estimate of drug-likeness (QED) is 0.319. The van der Waals surface area contributed by atoms with Crippen LogP contribution in [0, 0.1) is 10.1 Å². The first-order valence-corrected chi connectivity index (χ1v) is 9.26. The Balaban J connectivity index is 2.10. The molecule has 0 aromatic heterocycles. The Labute approximate surface area is 180 Å². The number of anilines is 1. The monoisotopic (exact) mass is 449 g/mol. The zero-order valence-electron chi connectivity index (χ0n) is 15.3. The van der Waals surface area contributed by atoms with Crippen molar-refractivity contribution in [2.45, 2.75) is 6.92 Å². The van der Waals surface area contributed by atoms with Crippen LogP contribution < -0.4 is 15.0 Å². The highest BCUT2D eigenvalue weighted by Gasteiger charge is 2.37. The number of non-ortho nitro benzene ring substituents is 1. The van der Waals surface area contributed by atoms with Gasteiger partial charge in [0.2, 0.25) is 0 Å². The van der Waals surface area contributed by atoms with E-state index in [0.29, 0.717) is 4.90 Å². The summed E-state index contributed by atoms with van der Waals surface area (Å²) in [5, 5.41) is 13.5. The zero-order valence-corrected chi connectivity index (χ0v) is 16.9. The minimum atomic E-state index is -1.03. The number of ether oxygens (including phenoxy) is 1. The van der Waals surface area contributed by atoms with Crippen LogP contribution in [0.25, 0.3) is 6.08 Å². The average molecular weight is 450 g/mol. The largest absolute Gasteiger partial charge is 0.492 e. The molecule has 0 radical (unpaired) electrons. The molecule has 0 spiro atoms. The highest BCUT2D eigenvalue weighted by molar-refractivity contribution is 6.40. The predicted molar refractivity (Wildman–Crippen MR) is 110 cm³/mol. The lowest BCUT2D eigenvalue weighted by molar-refractivity contribution is -0.384. The molecule has 3 rings (SSSR count). The second-order valence-corrected chi connectivity index (χ2v) is 6.82. The fourth-order valence-electron chi connectivity index (χ4n) is 2.78. The van der Waals surface area contributed by atoms with Crippen LogP contribution in [-0.2, 0) is 9.59 Å². The van der Waals surface area contributed by atoms with E-state index in [1.807, 2.05) is 5.32 Å². The van der Waals surface area contributed by atoms with Crippen molar-refractivity contribution in [3.8, 4) is 5.75 Å². The van der Waals surface area contributed by atoms with Crippen LogP contribution in [-0.4, -0.2) is 29.4 Å². The average Bonchev–Trinajstić information content (AvgIpc) is 2.67. The number of nitrogens with zero attached hydrogens (tertiary/aromatic N) is 2. The summed E-state index contributed by atoms with van der Waals surface area (Å²) in [5.74, 6) is -1.71. The SMILES string of the molecule is CCOc1c(Cl)cc(Cl)cc1/C=C1\C(=O)NC(=O)N(c2cccc([N+](=O)[O-])c2)C1=O. The maximum Gasteiger partial charge on any atom is 0.335 e. The van der Waals surface area contributed by atoms with Gasteiger partial charge in [0.15, 0.2) is 0 Å². The van der Waals surface area contributed by atoms with E-state index >= 15 is 0 Å². The molecule has 0 bridgehead atoms. The van der Waals surface area contributed by atoms with Crippen LogP contribution in [0.4, 0.5) is 16.2 Å². The Hall–Kier alpha value is -3.43. The number of halogens is 2. The molecule has 1 saturated heterocycles. The van der Waals surface area contributed by atoms with E-state index in [1.54, 1.807) is 6.92 Å². The molecule has 11 heteroatoms. The van der Waals surface area contributed by atoms with Gasteiger partial charge in [-0.05, 0) is 31.2 Å². The summed E-state index contributed by atoms with van der Waals surface area (Å²) in [6.45, 7) is 1.99. The molecule has 1 aliphatic rings. The molecule has 1 N–H and O–H groups in total. The minimum Gasteiger partial charge on any atom is -0.492 e. The number of urea groups is 1. The second-order valence-electron chi connectivity index (χ2n) is 5.97. The molecule has 2 aromatic rings. The first kappa shape index (κ1) is 21.3. The van der Waals surface area contributed by atoms with Gasteiger partial charge in [0.05, 0.1) is 22.2 Å². The Bertz CT molecular complexity index is 1120. The number of carbonyl (C=O) groups is 3. The van der Waals surface area contributed by atoms with E-state index in [4.69, 9.17) is 27.9 Å². The molecule has 0 aliphatic carbocycles. The molecule has 0 atom stereocenters. The van der Waals surface area contributed by atoms with Gasteiger partial charge in [-0.2, -0.15) is 0 Å². The number of amides is 4. The van der Waals surface area contributed by atoms with Crippen LogP contribution in [0.1, 0.15) is 12.5 Å². The van der Waals surface area contributed by atoms with Gasteiger partial charge in [0.25, 0.3) is 17.5 Å². The van der Waals surface area contributed by atoms with Crippen molar-refractivity contribution in [3.63, 3.8) is 0 Å². The molecule has 1 aliphatic heterocycles. The van der Waals surface area contributed by atoms with Crippen molar-refractivity contribution in [1.29, 1.82) is 0 Å². The summed E-state index contributed by atoms with van der Waals surface area (Å²) in [4.78, 5) is 48.6. The lowest BCUT2D eigenvalue weighted by atomic mass is 10.1. The summed E-state index contributed by atoms with van der Waals surface area (Å²) in [7, 11) is 0. The molecule has 154 valence electrons. The van der Waals surface area contributed by atoms with E-state index < -0.39 is 28.3 Å². The number of nitro groups is 1. The van der Waals surface area contributed by atoms with Gasteiger partial charge in [0.1, 0.15) is 11.3 Å². The molecule has 2 aromatic carbocycles. The topological polar surface area (TPSA) is 119 Å². The van der Waals surface area contributed by atoms with E-state index in [0.717, 1.165) is 6.07 Å². The van der Waals surface area contributed by atoms with E-state index in [-0.39, 0.29) is 39.3 Å². The van der Waals surface area contributed by atoms with Gasteiger partial charge in [-0.15, -0.1) is 0 Å². The fourth-order valence-corrected chi connectivity index (χ4v) is 3.34. The Kier molecular flexibility index (Phi) is 6.04. The van der Waals surface area contributed by atoms with Crippen LogP contribution in [0.15, 0.2) is 42.0 Å². The second kappa shape index (κ2) is 8.52. The summed E-state index contributed by atoms with van der Waals surface area (Å²) in [6, 6.07) is 6.76. The lowest BCUT2D eigenvalue weighted by Gasteiger charge is -2.26. The molecule has 9 nitrogen and oxygen atoms in total. The first-order valence-electron chi connectivity index (χ1n) is 8.50. The number of nitro benzene ring substituents is 1. The number of hydrogen-bond acceptors (Lipinski definition) is 6.